The number of hydrogen-bond acceptors (Lipinski definition) is 6. The van der Waals surface area contributed by atoms with Crippen LogP contribution >= 0.6 is 11.8 Å². The van der Waals surface area contributed by atoms with E-state index in [9.17, 15) is 22.0 Å². The van der Waals surface area contributed by atoms with Crippen molar-refractivity contribution in [2.24, 2.45) is 0 Å². The van der Waals surface area contributed by atoms with Crippen LogP contribution in [0.2, 0.25) is 0 Å². The molecule has 164 valence electrons. The van der Waals surface area contributed by atoms with Crippen LogP contribution in [0.3, 0.4) is 0 Å². The number of sulfonamides is 1. The van der Waals surface area contributed by atoms with Gasteiger partial charge in [0.1, 0.15) is 12.0 Å². The second-order valence-electron chi connectivity index (χ2n) is 6.70. The van der Waals surface area contributed by atoms with Crippen LogP contribution < -0.4 is 10.0 Å². The first-order chi connectivity index (χ1) is 14.6. The standard InChI is InChI=1S/C20H19F2N3O4S2/c1-11(13-8-15(21)18(16(22)9-13)25-31(3,27)28)23-19(26)17-10-29-20(24-17)12-5-4-6-14(7-12)30-2/h4-11,25H,1-3H3,(H,23,26). The van der Waals surface area contributed by atoms with Crippen molar-refractivity contribution < 1.29 is 26.4 Å². The first kappa shape index (κ1) is 22.8. The maximum Gasteiger partial charge on any atom is 0.273 e. The minimum Gasteiger partial charge on any atom is -0.444 e. The largest absolute Gasteiger partial charge is 0.444 e. The molecule has 0 fully saturated rings. The summed E-state index contributed by atoms with van der Waals surface area (Å²) in [6, 6.07) is 8.56. The Morgan fingerprint density at radius 3 is 2.48 bits per heavy atom. The van der Waals surface area contributed by atoms with Crippen LogP contribution in [-0.4, -0.2) is 31.8 Å². The molecule has 0 spiro atoms. The van der Waals surface area contributed by atoms with Gasteiger partial charge in [-0.3, -0.25) is 9.52 Å². The SMILES string of the molecule is CSc1cccc(-c2nc(C(=O)NC(C)c3cc(F)c(NS(C)(=O)=O)c(F)c3)co2)c1. The third-order valence-electron chi connectivity index (χ3n) is 4.25. The van der Waals surface area contributed by atoms with Crippen LogP contribution in [0.1, 0.15) is 29.0 Å². The Labute approximate surface area is 182 Å². The van der Waals surface area contributed by atoms with Crippen molar-refractivity contribution in [3.05, 3.63) is 65.6 Å². The lowest BCUT2D eigenvalue weighted by molar-refractivity contribution is 0.0934. The highest BCUT2D eigenvalue weighted by atomic mass is 32.2. The zero-order valence-electron chi connectivity index (χ0n) is 16.8. The molecular weight excluding hydrogens is 448 g/mol. The molecule has 3 aromatic rings. The molecule has 0 saturated heterocycles. The van der Waals surface area contributed by atoms with Gasteiger partial charge in [0.2, 0.25) is 15.9 Å². The van der Waals surface area contributed by atoms with E-state index < -0.39 is 39.3 Å². The number of anilines is 1. The monoisotopic (exact) mass is 467 g/mol. The van der Waals surface area contributed by atoms with Crippen molar-refractivity contribution in [1.29, 1.82) is 0 Å². The van der Waals surface area contributed by atoms with Crippen LogP contribution in [0.15, 0.2) is 52.0 Å². The Balaban J connectivity index is 1.76. The molecule has 7 nitrogen and oxygen atoms in total. The summed E-state index contributed by atoms with van der Waals surface area (Å²) in [5, 5.41) is 2.58. The molecule has 0 aliphatic heterocycles. The molecule has 0 saturated carbocycles. The van der Waals surface area contributed by atoms with Crippen LogP contribution in [0.25, 0.3) is 11.5 Å². The number of amides is 1. The molecule has 0 radical (unpaired) electrons. The van der Waals surface area contributed by atoms with Crippen molar-refractivity contribution in [1.82, 2.24) is 10.3 Å². The van der Waals surface area contributed by atoms with Gasteiger partial charge in [0.15, 0.2) is 17.3 Å². The van der Waals surface area contributed by atoms with Crippen LogP contribution in [-0.2, 0) is 10.0 Å². The normalized spacial score (nSPS) is 12.4. The van der Waals surface area contributed by atoms with Gasteiger partial charge in [-0.1, -0.05) is 6.07 Å². The van der Waals surface area contributed by atoms with Crippen LogP contribution in [0.4, 0.5) is 14.5 Å². The quantitative estimate of drug-likeness (QED) is 0.505. The van der Waals surface area contributed by atoms with Crippen molar-refractivity contribution in [3.63, 3.8) is 0 Å². The molecule has 2 N–H and O–H groups in total. The van der Waals surface area contributed by atoms with Crippen molar-refractivity contribution in [2.45, 2.75) is 17.9 Å². The van der Waals surface area contributed by atoms with Crippen molar-refractivity contribution in [3.8, 4) is 11.5 Å². The molecule has 11 heteroatoms. The lowest BCUT2D eigenvalue weighted by Crippen LogP contribution is -2.27. The summed E-state index contributed by atoms with van der Waals surface area (Å²) < 4.78 is 58.1. The van der Waals surface area contributed by atoms with Gasteiger partial charge < -0.3 is 9.73 Å². The van der Waals surface area contributed by atoms with E-state index in [4.69, 9.17) is 4.42 Å². The molecule has 1 atom stereocenters. The molecule has 1 aromatic heterocycles. The van der Waals surface area contributed by atoms with Crippen LogP contribution in [0, 0.1) is 11.6 Å². The smallest absolute Gasteiger partial charge is 0.273 e. The molecule has 31 heavy (non-hydrogen) atoms. The summed E-state index contributed by atoms with van der Waals surface area (Å²) in [5.41, 5.74) is 0.0435. The Morgan fingerprint density at radius 2 is 1.87 bits per heavy atom. The van der Waals surface area contributed by atoms with Gasteiger partial charge in [-0.05, 0) is 49.1 Å². The fraction of sp³-hybridized carbons (Fsp3) is 0.200. The molecule has 1 amide bonds. The fourth-order valence-electron chi connectivity index (χ4n) is 2.75. The molecule has 0 aliphatic rings. The maximum atomic E-state index is 14.2. The van der Waals surface area contributed by atoms with Gasteiger partial charge in [-0.25, -0.2) is 22.2 Å². The van der Waals surface area contributed by atoms with E-state index in [0.29, 0.717) is 5.56 Å². The summed E-state index contributed by atoms with van der Waals surface area (Å²) >= 11 is 1.56. The topological polar surface area (TPSA) is 101 Å². The van der Waals surface area contributed by atoms with E-state index in [-0.39, 0.29) is 17.1 Å². The first-order valence-electron chi connectivity index (χ1n) is 8.95. The highest BCUT2D eigenvalue weighted by Gasteiger charge is 2.20. The molecule has 2 aromatic carbocycles. The van der Waals surface area contributed by atoms with E-state index in [1.165, 1.54) is 13.2 Å². The Hall–Kier alpha value is -2.92. The molecular formula is C20H19F2N3O4S2. The zero-order valence-corrected chi connectivity index (χ0v) is 18.4. The Kier molecular flexibility index (Phi) is 6.65. The van der Waals surface area contributed by atoms with Gasteiger partial charge in [-0.2, -0.15) is 0 Å². The molecule has 0 bridgehead atoms. The third-order valence-corrected chi connectivity index (χ3v) is 5.55. The number of aromatic nitrogens is 1. The fourth-order valence-corrected chi connectivity index (χ4v) is 3.77. The predicted octanol–water partition coefficient (Wildman–Crippen LogP) is 4.20. The molecule has 1 unspecified atom stereocenters. The number of carbonyl (C=O) groups excluding carboxylic acids is 1. The first-order valence-corrected chi connectivity index (χ1v) is 12.1. The van der Waals surface area contributed by atoms with Gasteiger partial charge in [0.25, 0.3) is 5.91 Å². The van der Waals surface area contributed by atoms with Gasteiger partial charge in [-0.15, -0.1) is 11.8 Å². The number of benzene rings is 2. The number of thioether (sulfide) groups is 1. The summed E-state index contributed by atoms with van der Waals surface area (Å²) in [5.74, 6) is -2.53. The van der Waals surface area contributed by atoms with Gasteiger partial charge in [0, 0.05) is 10.5 Å². The Morgan fingerprint density at radius 1 is 1.19 bits per heavy atom. The molecule has 1 heterocycles. The van der Waals surface area contributed by atoms with Crippen LogP contribution in [0.5, 0.6) is 0 Å². The van der Waals surface area contributed by atoms with Crippen molar-refractivity contribution in [2.75, 3.05) is 17.2 Å². The number of rotatable bonds is 7. The highest BCUT2D eigenvalue weighted by Crippen LogP contribution is 2.26. The molecule has 0 aliphatic carbocycles. The summed E-state index contributed by atoms with van der Waals surface area (Å²) in [6.45, 7) is 1.53. The second-order valence-corrected chi connectivity index (χ2v) is 9.33. The number of nitrogens with one attached hydrogen (secondary N) is 2. The lowest BCUT2D eigenvalue weighted by Gasteiger charge is -2.15. The summed E-state index contributed by atoms with van der Waals surface area (Å²) in [6.07, 6.45) is 3.92. The maximum absolute atomic E-state index is 14.2. The predicted molar refractivity (Wildman–Crippen MR) is 114 cm³/mol. The average molecular weight is 468 g/mol. The minimum atomic E-state index is -3.86. The minimum absolute atomic E-state index is 0.00714. The summed E-state index contributed by atoms with van der Waals surface area (Å²) in [7, 11) is -3.86. The Bertz CT molecular complexity index is 1210. The lowest BCUT2D eigenvalue weighted by atomic mass is 10.1. The van der Waals surface area contributed by atoms with Crippen molar-refractivity contribution >= 4 is 33.4 Å². The second kappa shape index (κ2) is 9.06. The van der Waals surface area contributed by atoms with E-state index in [0.717, 1.165) is 23.3 Å². The average Bonchev–Trinajstić information content (AvgIpc) is 3.20. The van der Waals surface area contributed by atoms with E-state index in [1.54, 1.807) is 22.6 Å². The summed E-state index contributed by atoms with van der Waals surface area (Å²) in [4.78, 5) is 17.7. The molecule has 3 rings (SSSR count). The third kappa shape index (κ3) is 5.61. The number of carbonyl (C=O) groups is 1. The van der Waals surface area contributed by atoms with Gasteiger partial charge in [0.05, 0.1) is 12.3 Å². The van der Waals surface area contributed by atoms with E-state index in [2.05, 4.69) is 10.3 Å². The van der Waals surface area contributed by atoms with E-state index in [1.807, 2.05) is 24.5 Å². The van der Waals surface area contributed by atoms with Gasteiger partial charge >= 0.3 is 0 Å². The van der Waals surface area contributed by atoms with E-state index >= 15 is 0 Å². The highest BCUT2D eigenvalue weighted by molar-refractivity contribution is 7.98. The number of nitrogens with zero attached hydrogens (tertiary/aromatic N) is 1. The number of oxazole rings is 1. The number of halogens is 2. The zero-order chi connectivity index (χ0) is 22.8. The number of hydrogen-bond donors (Lipinski definition) is 2.